The van der Waals surface area contributed by atoms with Crippen molar-refractivity contribution in [3.8, 4) is 17.2 Å². The Morgan fingerprint density at radius 3 is 2.33 bits per heavy atom. The quantitative estimate of drug-likeness (QED) is 0.145. The first kappa shape index (κ1) is 27.2. The number of rotatable bonds is 9. The predicted molar refractivity (Wildman–Crippen MR) is 153 cm³/mol. The largest absolute Gasteiger partial charge is 0.493 e. The number of methoxy groups -OCH3 is 1. The molecule has 0 saturated carbocycles. The van der Waals surface area contributed by atoms with Crippen LogP contribution < -0.4 is 19.5 Å². The van der Waals surface area contributed by atoms with Crippen molar-refractivity contribution in [2.24, 2.45) is 0 Å². The van der Waals surface area contributed by atoms with Crippen LogP contribution in [0.1, 0.15) is 38.2 Å². The van der Waals surface area contributed by atoms with E-state index < -0.39 is 5.97 Å². The highest BCUT2D eigenvalue weighted by Gasteiger charge is 2.10. The molecule has 0 spiro atoms. The summed E-state index contributed by atoms with van der Waals surface area (Å²) in [6, 6.07) is 25.8. The van der Waals surface area contributed by atoms with Crippen LogP contribution in [0.4, 0.5) is 5.69 Å². The lowest BCUT2D eigenvalue weighted by Crippen LogP contribution is -2.13. The molecule has 0 radical (unpaired) electrons. The highest BCUT2D eigenvalue weighted by Crippen LogP contribution is 2.29. The van der Waals surface area contributed by atoms with E-state index in [0.29, 0.717) is 29.4 Å². The zero-order valence-corrected chi connectivity index (χ0v) is 22.5. The summed E-state index contributed by atoms with van der Waals surface area (Å²) in [5.41, 5.74) is 6.28. The third-order valence-corrected chi connectivity index (χ3v) is 6.22. The number of hydrogen-bond acceptors (Lipinski definition) is 5. The van der Waals surface area contributed by atoms with Crippen LogP contribution in [0.2, 0.25) is 0 Å². The Hall–Kier alpha value is -4.84. The molecule has 4 rings (SSSR count). The Balaban J connectivity index is 1.34. The Bertz CT molecular complexity index is 1510. The van der Waals surface area contributed by atoms with E-state index >= 15 is 0 Å². The number of carbonyl (C=O) groups is 2. The fraction of sp³-hybridized carbons (Fsp3) is 0.152. The van der Waals surface area contributed by atoms with Gasteiger partial charge in [0.1, 0.15) is 12.4 Å². The Kier molecular flexibility index (Phi) is 8.79. The van der Waals surface area contributed by atoms with Crippen molar-refractivity contribution in [1.29, 1.82) is 0 Å². The van der Waals surface area contributed by atoms with Crippen LogP contribution in [0, 0.1) is 20.8 Å². The molecular formula is C33H31NO5. The molecule has 1 N–H and O–H groups in total. The highest BCUT2D eigenvalue weighted by atomic mass is 16.5. The second-order valence-corrected chi connectivity index (χ2v) is 9.18. The summed E-state index contributed by atoms with van der Waals surface area (Å²) in [4.78, 5) is 25.0. The summed E-state index contributed by atoms with van der Waals surface area (Å²) >= 11 is 0. The van der Waals surface area contributed by atoms with Gasteiger partial charge in [-0.1, -0.05) is 42.5 Å². The third kappa shape index (κ3) is 7.36. The van der Waals surface area contributed by atoms with Crippen LogP contribution in [0.3, 0.4) is 0 Å². The van der Waals surface area contributed by atoms with E-state index in [2.05, 4.69) is 5.32 Å². The third-order valence-electron chi connectivity index (χ3n) is 6.22. The molecule has 4 aromatic rings. The number of ether oxygens (including phenoxy) is 3. The SMILES string of the molecule is COc1cc(/C=C/C(=O)Oc2ccc(C(=O)Nc3cc(C)ccc3C)cc2)ccc1OCc1ccccc1C. The van der Waals surface area contributed by atoms with E-state index in [0.717, 1.165) is 33.5 Å². The molecule has 4 aromatic carbocycles. The lowest BCUT2D eigenvalue weighted by atomic mass is 10.1. The van der Waals surface area contributed by atoms with Crippen LogP contribution in [-0.4, -0.2) is 19.0 Å². The summed E-state index contributed by atoms with van der Waals surface area (Å²) in [6.45, 7) is 6.38. The minimum absolute atomic E-state index is 0.234. The van der Waals surface area contributed by atoms with Gasteiger partial charge in [-0.05, 0) is 97.1 Å². The number of amides is 1. The van der Waals surface area contributed by atoms with Gasteiger partial charge in [0.25, 0.3) is 5.91 Å². The van der Waals surface area contributed by atoms with Gasteiger partial charge in [-0.15, -0.1) is 0 Å². The van der Waals surface area contributed by atoms with Gasteiger partial charge in [0.15, 0.2) is 11.5 Å². The van der Waals surface area contributed by atoms with E-state index in [4.69, 9.17) is 14.2 Å². The maximum atomic E-state index is 12.6. The summed E-state index contributed by atoms with van der Waals surface area (Å²) in [5, 5.41) is 2.92. The van der Waals surface area contributed by atoms with Crippen LogP contribution in [0.15, 0.2) is 91.0 Å². The minimum Gasteiger partial charge on any atom is -0.493 e. The van der Waals surface area contributed by atoms with Gasteiger partial charge in [-0.25, -0.2) is 4.79 Å². The minimum atomic E-state index is -0.540. The molecule has 6 heteroatoms. The first-order valence-corrected chi connectivity index (χ1v) is 12.6. The number of hydrogen-bond donors (Lipinski definition) is 1. The first-order chi connectivity index (χ1) is 18.8. The van der Waals surface area contributed by atoms with Crippen LogP contribution in [-0.2, 0) is 11.4 Å². The van der Waals surface area contributed by atoms with Crippen molar-refractivity contribution in [3.05, 3.63) is 124 Å². The molecule has 0 bridgehead atoms. The van der Waals surface area contributed by atoms with Gasteiger partial charge in [-0.3, -0.25) is 4.79 Å². The normalized spacial score (nSPS) is 10.8. The molecular weight excluding hydrogens is 490 g/mol. The average Bonchev–Trinajstić information content (AvgIpc) is 2.94. The van der Waals surface area contributed by atoms with Gasteiger partial charge in [-0.2, -0.15) is 0 Å². The van der Waals surface area contributed by atoms with E-state index in [1.54, 1.807) is 43.5 Å². The van der Waals surface area contributed by atoms with Crippen molar-refractivity contribution in [2.45, 2.75) is 27.4 Å². The Labute approximate surface area is 228 Å². The summed E-state index contributed by atoms with van der Waals surface area (Å²) in [6.07, 6.45) is 2.98. The zero-order valence-electron chi connectivity index (χ0n) is 22.5. The fourth-order valence-corrected chi connectivity index (χ4v) is 3.89. The predicted octanol–water partition coefficient (Wildman–Crippen LogP) is 7.07. The highest BCUT2D eigenvalue weighted by molar-refractivity contribution is 6.04. The van der Waals surface area contributed by atoms with Crippen molar-refractivity contribution >= 4 is 23.6 Å². The number of aryl methyl sites for hydroxylation is 3. The molecule has 198 valence electrons. The number of anilines is 1. The van der Waals surface area contributed by atoms with Crippen LogP contribution >= 0.6 is 0 Å². The van der Waals surface area contributed by atoms with Crippen molar-refractivity contribution in [2.75, 3.05) is 12.4 Å². The second-order valence-electron chi connectivity index (χ2n) is 9.18. The van der Waals surface area contributed by atoms with Gasteiger partial charge >= 0.3 is 5.97 Å². The van der Waals surface area contributed by atoms with Crippen LogP contribution in [0.5, 0.6) is 17.2 Å². The van der Waals surface area contributed by atoms with Gasteiger partial charge in [0.05, 0.1) is 7.11 Å². The average molecular weight is 522 g/mol. The number of carbonyl (C=O) groups excluding carboxylic acids is 2. The lowest BCUT2D eigenvalue weighted by molar-refractivity contribution is -0.128. The van der Waals surface area contributed by atoms with Gasteiger partial charge < -0.3 is 19.5 Å². The zero-order chi connectivity index (χ0) is 27.8. The summed E-state index contributed by atoms with van der Waals surface area (Å²) in [7, 11) is 1.57. The van der Waals surface area contributed by atoms with Crippen molar-refractivity contribution in [3.63, 3.8) is 0 Å². The molecule has 0 aliphatic carbocycles. The standard InChI is InChI=1S/C33H31NO5/c1-22-9-10-24(3)29(19-22)34-33(36)26-13-15-28(16-14-26)39-32(35)18-12-25-11-17-30(31(20-25)37-4)38-21-27-8-6-5-7-23(27)2/h5-20H,21H2,1-4H3,(H,34,36)/b18-12+. The molecule has 0 aliphatic heterocycles. The van der Waals surface area contributed by atoms with Crippen LogP contribution in [0.25, 0.3) is 6.08 Å². The number of benzene rings is 4. The van der Waals surface area contributed by atoms with Gasteiger partial charge in [0.2, 0.25) is 0 Å². The molecule has 6 nitrogen and oxygen atoms in total. The van der Waals surface area contributed by atoms with E-state index in [1.807, 2.05) is 75.4 Å². The molecule has 0 atom stereocenters. The Morgan fingerprint density at radius 2 is 1.59 bits per heavy atom. The van der Waals surface area contributed by atoms with Gasteiger partial charge in [0, 0.05) is 17.3 Å². The monoisotopic (exact) mass is 521 g/mol. The van der Waals surface area contributed by atoms with Crippen molar-refractivity contribution in [1.82, 2.24) is 0 Å². The maximum absolute atomic E-state index is 12.6. The topological polar surface area (TPSA) is 73.9 Å². The molecule has 0 fully saturated rings. The molecule has 0 saturated heterocycles. The number of nitrogens with one attached hydrogen (secondary N) is 1. The fourth-order valence-electron chi connectivity index (χ4n) is 3.89. The summed E-state index contributed by atoms with van der Waals surface area (Å²) in [5.74, 6) is 0.740. The molecule has 1 amide bonds. The maximum Gasteiger partial charge on any atom is 0.336 e. The van der Waals surface area contributed by atoms with E-state index in [9.17, 15) is 9.59 Å². The molecule has 0 aromatic heterocycles. The number of esters is 1. The second kappa shape index (κ2) is 12.6. The summed E-state index contributed by atoms with van der Waals surface area (Å²) < 4.78 is 16.8. The van der Waals surface area contributed by atoms with Crippen molar-refractivity contribution < 1.29 is 23.8 Å². The van der Waals surface area contributed by atoms with E-state index in [-0.39, 0.29) is 5.91 Å². The molecule has 0 unspecified atom stereocenters. The molecule has 39 heavy (non-hydrogen) atoms. The Morgan fingerprint density at radius 1 is 0.821 bits per heavy atom. The lowest BCUT2D eigenvalue weighted by Gasteiger charge is -2.12. The van der Waals surface area contributed by atoms with E-state index in [1.165, 1.54) is 6.08 Å². The smallest absolute Gasteiger partial charge is 0.336 e. The first-order valence-electron chi connectivity index (χ1n) is 12.6. The molecule has 0 aliphatic rings. The molecule has 0 heterocycles.